The highest BCUT2D eigenvalue weighted by atomic mass is 35.5. The number of hydrogen-bond donors (Lipinski definition) is 3. The normalized spacial score (nSPS) is 12.6. The lowest BCUT2D eigenvalue weighted by Crippen LogP contribution is -2.25. The Labute approximate surface area is 123 Å². The molecule has 2 rings (SSSR count). The van der Waals surface area contributed by atoms with Crippen LogP contribution in [0.4, 0.5) is 0 Å². The van der Waals surface area contributed by atoms with E-state index in [9.17, 15) is 4.79 Å². The molecule has 1 aromatic carbocycles. The molecule has 1 aromatic heterocycles. The van der Waals surface area contributed by atoms with Crippen LogP contribution < -0.4 is 5.32 Å². The second-order valence-electron chi connectivity index (χ2n) is 5.01. The van der Waals surface area contributed by atoms with E-state index in [1.54, 1.807) is 6.92 Å². The van der Waals surface area contributed by atoms with Crippen LogP contribution in [0.2, 0.25) is 5.02 Å². The fourth-order valence-corrected chi connectivity index (χ4v) is 2.46. The zero-order valence-electron chi connectivity index (χ0n) is 11.7. The van der Waals surface area contributed by atoms with Crippen LogP contribution >= 0.6 is 11.6 Å². The molecule has 0 fully saturated rings. The van der Waals surface area contributed by atoms with Gasteiger partial charge in [0.2, 0.25) is 5.91 Å². The van der Waals surface area contributed by atoms with Gasteiger partial charge in [-0.1, -0.05) is 18.5 Å². The molecule has 2 aromatic rings. The number of fused-ring (bicyclic) bond motifs is 1. The second-order valence-corrected chi connectivity index (χ2v) is 5.42. The largest absolute Gasteiger partial charge is 0.393 e. The Kier molecular flexibility index (Phi) is 4.68. The maximum Gasteiger partial charge on any atom is 0.222 e. The zero-order chi connectivity index (χ0) is 14.7. The molecule has 0 aliphatic heterocycles. The molecule has 20 heavy (non-hydrogen) atoms. The van der Waals surface area contributed by atoms with E-state index in [4.69, 9.17) is 16.7 Å². The molecule has 0 saturated heterocycles. The summed E-state index contributed by atoms with van der Waals surface area (Å²) in [6.07, 6.45) is 0.379. The smallest absolute Gasteiger partial charge is 0.222 e. The third-order valence-corrected chi connectivity index (χ3v) is 3.53. The van der Waals surface area contributed by atoms with Crippen LogP contribution in [0.5, 0.6) is 0 Å². The van der Waals surface area contributed by atoms with Crippen LogP contribution in [0.25, 0.3) is 10.9 Å². The minimum Gasteiger partial charge on any atom is -0.393 e. The maximum absolute atomic E-state index is 11.5. The van der Waals surface area contributed by atoms with Gasteiger partial charge in [0.05, 0.1) is 19.1 Å². The van der Waals surface area contributed by atoms with Crippen LogP contribution in [0.1, 0.15) is 31.5 Å². The Morgan fingerprint density at radius 2 is 2.20 bits per heavy atom. The SMILES string of the molecule is CCc1cc2[nH]c(CNC(=O)CC(C)O)cc2cc1Cl. The minimum absolute atomic E-state index is 0.117. The van der Waals surface area contributed by atoms with Crippen molar-refractivity contribution < 1.29 is 9.90 Å². The van der Waals surface area contributed by atoms with Crippen molar-refractivity contribution >= 4 is 28.4 Å². The lowest BCUT2D eigenvalue weighted by atomic mass is 10.1. The van der Waals surface area contributed by atoms with E-state index in [2.05, 4.69) is 17.2 Å². The maximum atomic E-state index is 11.5. The Hall–Kier alpha value is -1.52. The van der Waals surface area contributed by atoms with Gasteiger partial charge in [0, 0.05) is 21.6 Å². The third kappa shape index (κ3) is 3.52. The molecule has 0 spiro atoms. The van der Waals surface area contributed by atoms with Gasteiger partial charge in [0.25, 0.3) is 0 Å². The number of amides is 1. The zero-order valence-corrected chi connectivity index (χ0v) is 12.4. The highest BCUT2D eigenvalue weighted by molar-refractivity contribution is 6.32. The molecular weight excluding hydrogens is 276 g/mol. The molecule has 0 bridgehead atoms. The van der Waals surface area contributed by atoms with Crippen LogP contribution in [0.15, 0.2) is 18.2 Å². The number of carbonyl (C=O) groups is 1. The molecule has 0 saturated carbocycles. The standard InChI is InChI=1S/C15H19ClN2O2/c1-3-10-7-14-11(6-13(10)16)5-12(18-14)8-17-15(20)4-9(2)19/h5-7,9,18-19H,3-4,8H2,1-2H3,(H,17,20). The van der Waals surface area contributed by atoms with Crippen LogP contribution in [0, 0.1) is 0 Å². The molecule has 1 amide bonds. The van der Waals surface area contributed by atoms with Gasteiger partial charge in [-0.05, 0) is 37.1 Å². The first-order chi connectivity index (χ1) is 9.49. The van der Waals surface area contributed by atoms with E-state index in [0.29, 0.717) is 6.54 Å². The van der Waals surface area contributed by atoms with Crippen molar-refractivity contribution in [3.8, 4) is 0 Å². The molecule has 1 heterocycles. The second kappa shape index (κ2) is 6.29. The lowest BCUT2D eigenvalue weighted by Gasteiger charge is -2.05. The molecular formula is C15H19ClN2O2. The Balaban J connectivity index is 2.10. The molecule has 108 valence electrons. The molecule has 4 nitrogen and oxygen atoms in total. The fourth-order valence-electron chi connectivity index (χ4n) is 2.16. The van der Waals surface area contributed by atoms with E-state index in [0.717, 1.165) is 33.6 Å². The number of aliphatic hydroxyl groups is 1. The first kappa shape index (κ1) is 14.9. The Morgan fingerprint density at radius 3 is 2.85 bits per heavy atom. The first-order valence-electron chi connectivity index (χ1n) is 6.74. The number of aliphatic hydroxyl groups excluding tert-OH is 1. The van der Waals surface area contributed by atoms with E-state index < -0.39 is 6.10 Å². The number of rotatable bonds is 5. The van der Waals surface area contributed by atoms with Crippen molar-refractivity contribution in [3.05, 3.63) is 34.5 Å². The summed E-state index contributed by atoms with van der Waals surface area (Å²) in [5.74, 6) is -0.161. The number of H-pyrrole nitrogens is 1. The van der Waals surface area contributed by atoms with Crippen molar-refractivity contribution in [1.82, 2.24) is 10.3 Å². The summed E-state index contributed by atoms with van der Waals surface area (Å²) in [4.78, 5) is 14.8. The molecule has 1 atom stereocenters. The molecule has 0 aliphatic rings. The predicted molar refractivity (Wildman–Crippen MR) is 80.8 cm³/mol. The predicted octanol–water partition coefficient (Wildman–Crippen LogP) is 2.77. The van der Waals surface area contributed by atoms with Gasteiger partial charge in [-0.25, -0.2) is 0 Å². The number of halogens is 1. The van der Waals surface area contributed by atoms with Crippen LogP contribution in [0.3, 0.4) is 0 Å². The Morgan fingerprint density at radius 1 is 1.45 bits per heavy atom. The van der Waals surface area contributed by atoms with Gasteiger partial charge in [-0.15, -0.1) is 0 Å². The van der Waals surface area contributed by atoms with Gasteiger partial charge in [-0.3, -0.25) is 4.79 Å². The number of carbonyl (C=O) groups excluding carboxylic acids is 1. The summed E-state index contributed by atoms with van der Waals surface area (Å²) >= 11 is 6.19. The molecule has 0 aliphatic carbocycles. The summed E-state index contributed by atoms with van der Waals surface area (Å²) < 4.78 is 0. The van der Waals surface area contributed by atoms with E-state index >= 15 is 0 Å². The molecule has 1 unspecified atom stereocenters. The van der Waals surface area contributed by atoms with Gasteiger partial charge in [-0.2, -0.15) is 0 Å². The first-order valence-corrected chi connectivity index (χ1v) is 7.12. The summed E-state index contributed by atoms with van der Waals surface area (Å²) in [6.45, 7) is 4.07. The van der Waals surface area contributed by atoms with Gasteiger partial charge in [0.1, 0.15) is 0 Å². The molecule has 3 N–H and O–H groups in total. The molecule has 0 radical (unpaired) electrons. The van der Waals surface area contributed by atoms with Crippen LogP contribution in [-0.4, -0.2) is 22.1 Å². The monoisotopic (exact) mass is 294 g/mol. The number of nitrogens with one attached hydrogen (secondary N) is 2. The number of benzene rings is 1. The van der Waals surface area contributed by atoms with Crippen molar-refractivity contribution in [2.45, 2.75) is 39.3 Å². The molecule has 5 heteroatoms. The lowest BCUT2D eigenvalue weighted by molar-refractivity contribution is -0.122. The highest BCUT2D eigenvalue weighted by Crippen LogP contribution is 2.25. The van der Waals surface area contributed by atoms with Crippen molar-refractivity contribution in [2.24, 2.45) is 0 Å². The fraction of sp³-hybridized carbons (Fsp3) is 0.400. The van der Waals surface area contributed by atoms with Gasteiger partial charge in [0.15, 0.2) is 0 Å². The van der Waals surface area contributed by atoms with E-state index in [-0.39, 0.29) is 12.3 Å². The summed E-state index contributed by atoms with van der Waals surface area (Å²) in [7, 11) is 0. The van der Waals surface area contributed by atoms with Crippen molar-refractivity contribution in [2.75, 3.05) is 0 Å². The van der Waals surface area contributed by atoms with E-state index in [1.165, 1.54) is 0 Å². The van der Waals surface area contributed by atoms with Gasteiger partial charge < -0.3 is 15.4 Å². The number of aromatic nitrogens is 1. The quantitative estimate of drug-likeness (QED) is 0.794. The minimum atomic E-state index is -0.622. The number of hydrogen-bond acceptors (Lipinski definition) is 2. The van der Waals surface area contributed by atoms with Crippen LogP contribution in [-0.2, 0) is 17.8 Å². The van der Waals surface area contributed by atoms with E-state index in [1.807, 2.05) is 18.2 Å². The summed E-state index contributed by atoms with van der Waals surface area (Å²) in [5, 5.41) is 13.7. The average molecular weight is 295 g/mol. The number of aromatic amines is 1. The Bertz CT molecular complexity index is 620. The summed E-state index contributed by atoms with van der Waals surface area (Å²) in [5.41, 5.74) is 3.04. The average Bonchev–Trinajstić information content (AvgIpc) is 2.76. The van der Waals surface area contributed by atoms with Crippen molar-refractivity contribution in [3.63, 3.8) is 0 Å². The van der Waals surface area contributed by atoms with Crippen molar-refractivity contribution in [1.29, 1.82) is 0 Å². The third-order valence-electron chi connectivity index (χ3n) is 3.18. The topological polar surface area (TPSA) is 65.1 Å². The highest BCUT2D eigenvalue weighted by Gasteiger charge is 2.08. The summed E-state index contributed by atoms with van der Waals surface area (Å²) in [6, 6.07) is 5.95. The number of aryl methyl sites for hydroxylation is 1. The van der Waals surface area contributed by atoms with Gasteiger partial charge >= 0.3 is 0 Å².